The molecule has 0 aliphatic carbocycles. The SMILES string of the molecule is COc1cc(C(C)F)cc(OC)c1-c1cnccn1. The van der Waals surface area contributed by atoms with E-state index in [2.05, 4.69) is 9.97 Å². The van der Waals surface area contributed by atoms with Crippen molar-refractivity contribution in [3.8, 4) is 22.8 Å². The predicted octanol–water partition coefficient (Wildman–Crippen LogP) is 3.19. The van der Waals surface area contributed by atoms with Crippen molar-refractivity contribution in [2.75, 3.05) is 14.2 Å². The average Bonchev–Trinajstić information content (AvgIpc) is 2.46. The van der Waals surface area contributed by atoms with E-state index in [-0.39, 0.29) is 0 Å². The van der Waals surface area contributed by atoms with Crippen LogP contribution in [0.5, 0.6) is 11.5 Å². The van der Waals surface area contributed by atoms with Crippen molar-refractivity contribution in [2.24, 2.45) is 0 Å². The first kappa shape index (κ1) is 13.3. The summed E-state index contributed by atoms with van der Waals surface area (Å²) in [5.41, 5.74) is 1.79. The molecule has 0 radical (unpaired) electrons. The van der Waals surface area contributed by atoms with E-state index in [0.29, 0.717) is 28.3 Å². The largest absolute Gasteiger partial charge is 0.496 e. The molecule has 0 amide bonds. The molecule has 1 atom stereocenters. The Morgan fingerprint density at radius 3 is 2.16 bits per heavy atom. The Morgan fingerprint density at radius 1 is 1.11 bits per heavy atom. The quantitative estimate of drug-likeness (QED) is 0.848. The molecule has 19 heavy (non-hydrogen) atoms. The fraction of sp³-hybridized carbons (Fsp3) is 0.286. The lowest BCUT2D eigenvalue weighted by Gasteiger charge is -2.15. The van der Waals surface area contributed by atoms with E-state index in [4.69, 9.17) is 9.47 Å². The Hall–Kier alpha value is -2.17. The van der Waals surface area contributed by atoms with Gasteiger partial charge in [-0.05, 0) is 24.6 Å². The van der Waals surface area contributed by atoms with Gasteiger partial charge in [0.15, 0.2) is 0 Å². The molecule has 0 saturated heterocycles. The minimum Gasteiger partial charge on any atom is -0.496 e. The third kappa shape index (κ3) is 2.65. The lowest BCUT2D eigenvalue weighted by molar-refractivity contribution is 0.363. The summed E-state index contributed by atoms with van der Waals surface area (Å²) in [6.07, 6.45) is 3.68. The monoisotopic (exact) mass is 262 g/mol. The molecule has 2 aromatic rings. The van der Waals surface area contributed by atoms with Crippen molar-refractivity contribution in [1.29, 1.82) is 0 Å². The number of aromatic nitrogens is 2. The molecule has 5 heteroatoms. The molecule has 0 aliphatic rings. The molecule has 0 saturated carbocycles. The van der Waals surface area contributed by atoms with Crippen LogP contribution in [0.1, 0.15) is 18.7 Å². The molecule has 2 rings (SSSR count). The van der Waals surface area contributed by atoms with Gasteiger partial charge in [-0.25, -0.2) is 4.39 Å². The molecule has 0 fully saturated rings. The molecule has 0 spiro atoms. The molecule has 0 aliphatic heterocycles. The number of hydrogen-bond donors (Lipinski definition) is 0. The second kappa shape index (κ2) is 5.65. The van der Waals surface area contributed by atoms with Gasteiger partial charge in [0.05, 0.1) is 31.7 Å². The van der Waals surface area contributed by atoms with Gasteiger partial charge in [-0.1, -0.05) is 0 Å². The van der Waals surface area contributed by atoms with Gasteiger partial charge in [0.1, 0.15) is 17.7 Å². The molecular weight excluding hydrogens is 247 g/mol. The molecular formula is C14H15FN2O2. The Morgan fingerprint density at radius 2 is 1.74 bits per heavy atom. The summed E-state index contributed by atoms with van der Waals surface area (Å²) in [6, 6.07) is 3.30. The highest BCUT2D eigenvalue weighted by molar-refractivity contribution is 5.74. The highest BCUT2D eigenvalue weighted by atomic mass is 19.1. The maximum Gasteiger partial charge on any atom is 0.132 e. The fourth-order valence-corrected chi connectivity index (χ4v) is 1.84. The summed E-state index contributed by atoms with van der Waals surface area (Å²) in [6.45, 7) is 1.47. The molecule has 100 valence electrons. The lowest BCUT2D eigenvalue weighted by atomic mass is 10.0. The van der Waals surface area contributed by atoms with Gasteiger partial charge in [0.25, 0.3) is 0 Å². The van der Waals surface area contributed by atoms with Crippen LogP contribution < -0.4 is 9.47 Å². The van der Waals surface area contributed by atoms with E-state index in [0.717, 1.165) is 0 Å². The van der Waals surface area contributed by atoms with Crippen LogP contribution in [0.25, 0.3) is 11.3 Å². The van der Waals surface area contributed by atoms with Crippen molar-refractivity contribution in [3.63, 3.8) is 0 Å². The zero-order valence-electron chi connectivity index (χ0n) is 11.1. The fourth-order valence-electron chi connectivity index (χ4n) is 1.84. The molecule has 4 nitrogen and oxygen atoms in total. The Balaban J connectivity index is 2.65. The van der Waals surface area contributed by atoms with E-state index in [1.54, 1.807) is 30.7 Å². The number of benzene rings is 1. The van der Waals surface area contributed by atoms with E-state index < -0.39 is 6.17 Å². The van der Waals surface area contributed by atoms with Crippen LogP contribution in [0, 0.1) is 0 Å². The van der Waals surface area contributed by atoms with Crippen LogP contribution in [0.4, 0.5) is 4.39 Å². The van der Waals surface area contributed by atoms with Crippen molar-refractivity contribution in [1.82, 2.24) is 9.97 Å². The first-order valence-electron chi connectivity index (χ1n) is 5.83. The molecule has 1 heterocycles. The predicted molar refractivity (Wildman–Crippen MR) is 70.1 cm³/mol. The highest BCUT2D eigenvalue weighted by Gasteiger charge is 2.17. The number of nitrogens with zero attached hydrogens (tertiary/aromatic N) is 2. The zero-order chi connectivity index (χ0) is 13.8. The highest BCUT2D eigenvalue weighted by Crippen LogP contribution is 2.40. The van der Waals surface area contributed by atoms with Gasteiger partial charge in [0, 0.05) is 12.4 Å². The summed E-state index contributed by atoms with van der Waals surface area (Å²) in [4.78, 5) is 8.25. The van der Waals surface area contributed by atoms with Crippen LogP contribution >= 0.6 is 0 Å². The van der Waals surface area contributed by atoms with Crippen LogP contribution in [0.15, 0.2) is 30.7 Å². The molecule has 0 N–H and O–H groups in total. The second-order valence-corrected chi connectivity index (χ2v) is 4.01. The lowest BCUT2D eigenvalue weighted by Crippen LogP contribution is -1.98. The van der Waals surface area contributed by atoms with Crippen molar-refractivity contribution < 1.29 is 13.9 Å². The van der Waals surface area contributed by atoms with E-state index in [9.17, 15) is 4.39 Å². The Bertz CT molecular complexity index is 534. The van der Waals surface area contributed by atoms with Gasteiger partial charge in [0.2, 0.25) is 0 Å². The minimum atomic E-state index is -1.10. The second-order valence-electron chi connectivity index (χ2n) is 4.01. The van der Waals surface area contributed by atoms with Crippen molar-refractivity contribution in [2.45, 2.75) is 13.1 Å². The number of methoxy groups -OCH3 is 2. The topological polar surface area (TPSA) is 44.2 Å². The normalized spacial score (nSPS) is 12.0. The van der Waals surface area contributed by atoms with Crippen LogP contribution in [0.3, 0.4) is 0 Å². The van der Waals surface area contributed by atoms with E-state index >= 15 is 0 Å². The van der Waals surface area contributed by atoms with Crippen molar-refractivity contribution in [3.05, 3.63) is 36.3 Å². The summed E-state index contributed by atoms with van der Waals surface area (Å²) in [5, 5.41) is 0. The Labute approximate surface area is 111 Å². The molecule has 1 aromatic carbocycles. The van der Waals surface area contributed by atoms with Crippen LogP contribution in [-0.2, 0) is 0 Å². The zero-order valence-corrected chi connectivity index (χ0v) is 11.1. The third-order valence-electron chi connectivity index (χ3n) is 2.81. The summed E-state index contributed by atoms with van der Waals surface area (Å²) in [5.74, 6) is 1.03. The maximum absolute atomic E-state index is 13.5. The van der Waals surface area contributed by atoms with Gasteiger partial charge >= 0.3 is 0 Å². The van der Waals surface area contributed by atoms with Gasteiger partial charge in [-0.15, -0.1) is 0 Å². The number of hydrogen-bond acceptors (Lipinski definition) is 4. The van der Waals surface area contributed by atoms with E-state index in [1.807, 2.05) is 0 Å². The summed E-state index contributed by atoms with van der Waals surface area (Å²) >= 11 is 0. The van der Waals surface area contributed by atoms with Gasteiger partial charge in [-0.3, -0.25) is 9.97 Å². The average molecular weight is 262 g/mol. The number of alkyl halides is 1. The first-order valence-corrected chi connectivity index (χ1v) is 5.83. The standard InChI is InChI=1S/C14H15FN2O2/c1-9(15)10-6-12(18-2)14(13(7-10)19-3)11-8-16-4-5-17-11/h4-9H,1-3H3. The number of ether oxygens (including phenoxy) is 2. The molecule has 0 bridgehead atoms. The van der Waals surface area contributed by atoms with Crippen LogP contribution in [-0.4, -0.2) is 24.2 Å². The number of halogens is 1. The molecule has 1 aromatic heterocycles. The minimum absolute atomic E-state index is 0.501. The van der Waals surface area contributed by atoms with Gasteiger partial charge < -0.3 is 9.47 Å². The van der Waals surface area contributed by atoms with Crippen molar-refractivity contribution >= 4 is 0 Å². The smallest absolute Gasteiger partial charge is 0.132 e. The summed E-state index contributed by atoms with van der Waals surface area (Å²) < 4.78 is 24.1. The molecule has 1 unspecified atom stereocenters. The Kier molecular flexibility index (Phi) is 3.94. The third-order valence-corrected chi connectivity index (χ3v) is 2.81. The summed E-state index contributed by atoms with van der Waals surface area (Å²) in [7, 11) is 3.06. The van der Waals surface area contributed by atoms with Crippen LogP contribution in [0.2, 0.25) is 0 Å². The number of rotatable bonds is 4. The van der Waals surface area contributed by atoms with E-state index in [1.165, 1.54) is 21.1 Å². The first-order chi connectivity index (χ1) is 9.17. The maximum atomic E-state index is 13.5. The van der Waals surface area contributed by atoms with Gasteiger partial charge in [-0.2, -0.15) is 0 Å².